The van der Waals surface area contributed by atoms with Gasteiger partial charge in [0, 0.05) is 38.6 Å². The van der Waals surface area contributed by atoms with Gasteiger partial charge in [-0.1, -0.05) is 42.5 Å². The Hall–Kier alpha value is -3.45. The molecule has 1 aliphatic heterocycles. The van der Waals surface area contributed by atoms with E-state index in [9.17, 15) is 9.59 Å². The first kappa shape index (κ1) is 19.8. The summed E-state index contributed by atoms with van der Waals surface area (Å²) in [5.41, 5.74) is 3.09. The third-order valence-corrected chi connectivity index (χ3v) is 5.24. The number of hydrogen-bond donors (Lipinski definition) is 2. The zero-order valence-corrected chi connectivity index (χ0v) is 16.7. The highest BCUT2D eigenvalue weighted by atomic mass is 16.2. The molecule has 0 aliphatic carbocycles. The monoisotopic (exact) mass is 403 g/mol. The van der Waals surface area contributed by atoms with Crippen LogP contribution in [0.25, 0.3) is 5.69 Å². The van der Waals surface area contributed by atoms with Gasteiger partial charge >= 0.3 is 0 Å². The molecule has 30 heavy (non-hydrogen) atoms. The fourth-order valence-corrected chi connectivity index (χ4v) is 3.63. The van der Waals surface area contributed by atoms with Crippen LogP contribution >= 0.6 is 0 Å². The molecular weight excluding hydrogens is 378 g/mol. The summed E-state index contributed by atoms with van der Waals surface area (Å²) < 4.78 is 1.78. The number of amides is 2. The Morgan fingerprint density at radius 2 is 1.87 bits per heavy atom. The van der Waals surface area contributed by atoms with Gasteiger partial charge in [-0.2, -0.15) is 5.10 Å². The second kappa shape index (κ2) is 9.37. The van der Waals surface area contributed by atoms with Crippen LogP contribution in [-0.2, 0) is 22.7 Å². The first-order valence-electron chi connectivity index (χ1n) is 10.1. The van der Waals surface area contributed by atoms with E-state index in [4.69, 9.17) is 0 Å². The number of carbonyl (C=O) groups excluding carboxylic acids is 2. The number of hydrogen-bond acceptors (Lipinski definition) is 4. The summed E-state index contributed by atoms with van der Waals surface area (Å²) in [5.74, 6) is -0.220. The Labute approximate surface area is 175 Å². The molecule has 0 spiro atoms. The summed E-state index contributed by atoms with van der Waals surface area (Å²) in [7, 11) is 0. The molecule has 1 atom stereocenters. The van der Waals surface area contributed by atoms with Crippen molar-refractivity contribution < 1.29 is 9.59 Å². The molecule has 1 fully saturated rings. The number of piperazine rings is 1. The largest absolute Gasteiger partial charge is 0.353 e. The summed E-state index contributed by atoms with van der Waals surface area (Å²) in [6.07, 6.45) is 3.76. The molecule has 2 N–H and O–H groups in total. The minimum atomic E-state index is -0.457. The van der Waals surface area contributed by atoms with E-state index in [1.54, 1.807) is 10.9 Å². The molecule has 0 bridgehead atoms. The van der Waals surface area contributed by atoms with E-state index in [1.807, 2.05) is 66.9 Å². The lowest BCUT2D eigenvalue weighted by atomic mass is 10.1. The van der Waals surface area contributed by atoms with Gasteiger partial charge < -0.3 is 10.6 Å². The van der Waals surface area contributed by atoms with E-state index in [-0.39, 0.29) is 18.2 Å². The third-order valence-electron chi connectivity index (χ3n) is 5.24. The lowest BCUT2D eigenvalue weighted by Gasteiger charge is -2.34. The fourth-order valence-electron chi connectivity index (χ4n) is 3.63. The second-order valence-electron chi connectivity index (χ2n) is 7.36. The normalized spacial score (nSPS) is 16.8. The maximum Gasteiger partial charge on any atom is 0.237 e. The number of nitrogens with zero attached hydrogens (tertiary/aromatic N) is 3. The van der Waals surface area contributed by atoms with Crippen LogP contribution in [0.5, 0.6) is 0 Å². The lowest BCUT2D eigenvalue weighted by Crippen LogP contribution is -2.56. The second-order valence-corrected chi connectivity index (χ2v) is 7.36. The first-order chi connectivity index (χ1) is 14.7. The average molecular weight is 403 g/mol. The van der Waals surface area contributed by atoms with E-state index in [2.05, 4.69) is 20.6 Å². The molecule has 3 aromatic rings. The van der Waals surface area contributed by atoms with Crippen molar-refractivity contribution in [1.82, 2.24) is 25.3 Å². The molecular formula is C23H25N5O2. The molecule has 4 rings (SSSR count). The first-order valence-corrected chi connectivity index (χ1v) is 10.1. The van der Waals surface area contributed by atoms with Crippen molar-refractivity contribution in [3.05, 3.63) is 84.2 Å². The van der Waals surface area contributed by atoms with Gasteiger partial charge in [-0.25, -0.2) is 4.68 Å². The highest BCUT2D eigenvalue weighted by Gasteiger charge is 2.31. The smallest absolute Gasteiger partial charge is 0.237 e. The van der Waals surface area contributed by atoms with Crippen molar-refractivity contribution in [1.29, 1.82) is 0 Å². The Balaban J connectivity index is 1.33. The van der Waals surface area contributed by atoms with E-state index in [0.29, 0.717) is 19.6 Å². The number of nitrogens with one attached hydrogen (secondary N) is 2. The molecule has 2 aromatic carbocycles. The van der Waals surface area contributed by atoms with Gasteiger partial charge in [-0.05, 0) is 29.3 Å². The summed E-state index contributed by atoms with van der Waals surface area (Å²) >= 11 is 0. The molecule has 154 valence electrons. The fraction of sp³-hybridized carbons (Fsp3) is 0.261. The molecule has 1 aromatic heterocycles. The third kappa shape index (κ3) is 4.93. The lowest BCUT2D eigenvalue weighted by molar-refractivity contribution is -0.134. The molecule has 2 heterocycles. The van der Waals surface area contributed by atoms with Gasteiger partial charge in [0.1, 0.15) is 0 Å². The van der Waals surface area contributed by atoms with Crippen LogP contribution in [0, 0.1) is 0 Å². The summed E-state index contributed by atoms with van der Waals surface area (Å²) in [6, 6.07) is 19.3. The highest BCUT2D eigenvalue weighted by Crippen LogP contribution is 2.14. The zero-order valence-electron chi connectivity index (χ0n) is 16.7. The van der Waals surface area contributed by atoms with Crippen LogP contribution < -0.4 is 10.6 Å². The van der Waals surface area contributed by atoms with E-state index in [0.717, 1.165) is 23.4 Å². The van der Waals surface area contributed by atoms with Gasteiger partial charge in [0.2, 0.25) is 11.8 Å². The molecule has 2 amide bonds. The van der Waals surface area contributed by atoms with Gasteiger partial charge in [0.25, 0.3) is 0 Å². The maximum atomic E-state index is 12.5. The van der Waals surface area contributed by atoms with Crippen LogP contribution in [-0.4, -0.2) is 45.6 Å². The van der Waals surface area contributed by atoms with Crippen molar-refractivity contribution in [2.45, 2.75) is 25.6 Å². The Bertz CT molecular complexity index is 971. The molecule has 7 nitrogen and oxygen atoms in total. The van der Waals surface area contributed by atoms with Crippen LogP contribution in [0.15, 0.2) is 73.1 Å². The summed E-state index contributed by atoms with van der Waals surface area (Å²) in [6.45, 7) is 2.41. The van der Waals surface area contributed by atoms with Crippen molar-refractivity contribution in [3.8, 4) is 5.69 Å². The van der Waals surface area contributed by atoms with Crippen LogP contribution in [0.2, 0.25) is 0 Å². The van der Waals surface area contributed by atoms with E-state index >= 15 is 0 Å². The number of benzene rings is 2. The van der Waals surface area contributed by atoms with E-state index in [1.165, 1.54) is 0 Å². The predicted molar refractivity (Wildman–Crippen MR) is 114 cm³/mol. The SMILES string of the molecule is O=C(C[C@@H]1C(=O)NCCN1Cc1ccccc1)NCc1ccc(-n2cccn2)cc1. The molecule has 1 aliphatic rings. The van der Waals surface area contributed by atoms with Crippen LogP contribution in [0.3, 0.4) is 0 Å². The van der Waals surface area contributed by atoms with Crippen molar-refractivity contribution >= 4 is 11.8 Å². The Morgan fingerprint density at radius 3 is 2.60 bits per heavy atom. The number of carbonyl (C=O) groups is 2. The minimum absolute atomic E-state index is 0.0871. The van der Waals surface area contributed by atoms with Crippen molar-refractivity contribution in [2.75, 3.05) is 13.1 Å². The molecule has 1 saturated heterocycles. The number of rotatable bonds is 7. The molecule has 7 heteroatoms. The summed E-state index contributed by atoms with van der Waals surface area (Å²) in [5, 5.41) is 10.0. The van der Waals surface area contributed by atoms with Crippen LogP contribution in [0.4, 0.5) is 0 Å². The van der Waals surface area contributed by atoms with Crippen LogP contribution in [0.1, 0.15) is 17.5 Å². The maximum absolute atomic E-state index is 12.5. The quantitative estimate of drug-likeness (QED) is 0.631. The molecule has 0 radical (unpaired) electrons. The van der Waals surface area contributed by atoms with E-state index < -0.39 is 6.04 Å². The van der Waals surface area contributed by atoms with Gasteiger partial charge in [-0.15, -0.1) is 0 Å². The minimum Gasteiger partial charge on any atom is -0.353 e. The standard InChI is InChI=1S/C23H25N5O2/c29-22(25-16-18-7-9-20(10-8-18)28-13-4-11-26-28)15-21-23(30)24-12-14-27(21)17-19-5-2-1-3-6-19/h1-11,13,21H,12,14-17H2,(H,24,30)(H,25,29)/t21-/m1/s1. The topological polar surface area (TPSA) is 79.3 Å². The predicted octanol–water partition coefficient (Wildman–Crippen LogP) is 1.88. The molecule has 0 unspecified atom stereocenters. The van der Waals surface area contributed by atoms with Crippen molar-refractivity contribution in [2.24, 2.45) is 0 Å². The highest BCUT2D eigenvalue weighted by molar-refractivity contribution is 5.88. The van der Waals surface area contributed by atoms with Gasteiger partial charge in [0.05, 0.1) is 18.2 Å². The Morgan fingerprint density at radius 1 is 1.07 bits per heavy atom. The number of aromatic nitrogens is 2. The zero-order chi connectivity index (χ0) is 20.8. The average Bonchev–Trinajstić information content (AvgIpc) is 3.31. The Kier molecular flexibility index (Phi) is 6.20. The van der Waals surface area contributed by atoms with Gasteiger partial charge in [-0.3, -0.25) is 14.5 Å². The summed E-state index contributed by atoms with van der Waals surface area (Å²) in [4.78, 5) is 27.0. The van der Waals surface area contributed by atoms with Gasteiger partial charge in [0.15, 0.2) is 0 Å². The molecule has 0 saturated carbocycles. The van der Waals surface area contributed by atoms with Crippen molar-refractivity contribution in [3.63, 3.8) is 0 Å².